The van der Waals surface area contributed by atoms with Crippen molar-refractivity contribution in [3.63, 3.8) is 0 Å². The summed E-state index contributed by atoms with van der Waals surface area (Å²) in [6.07, 6.45) is 5.12. The lowest BCUT2D eigenvalue weighted by atomic mass is 10.2. The molecule has 1 aromatic heterocycles. The van der Waals surface area contributed by atoms with Gasteiger partial charge in [-0.2, -0.15) is 0 Å². The molecule has 0 unspecified atom stereocenters. The first-order chi connectivity index (χ1) is 9.81. The summed E-state index contributed by atoms with van der Waals surface area (Å²) in [4.78, 5) is 16.1. The van der Waals surface area contributed by atoms with Gasteiger partial charge in [0.25, 0.3) is 0 Å². The van der Waals surface area contributed by atoms with E-state index in [0.717, 1.165) is 42.4 Å². The van der Waals surface area contributed by atoms with Crippen molar-refractivity contribution >= 4 is 22.5 Å². The highest BCUT2D eigenvalue weighted by molar-refractivity contribution is 5.91. The van der Waals surface area contributed by atoms with Crippen molar-refractivity contribution in [3.05, 3.63) is 36.5 Å². The molecule has 4 heteroatoms. The molecule has 20 heavy (non-hydrogen) atoms. The summed E-state index contributed by atoms with van der Waals surface area (Å²) in [5, 5.41) is 7.14. The topological polar surface area (TPSA) is 54.0 Å². The molecule has 2 N–H and O–H groups in total. The smallest absolute Gasteiger partial charge is 0.239 e. The lowest BCUT2D eigenvalue weighted by Crippen LogP contribution is -2.30. The zero-order valence-electron chi connectivity index (χ0n) is 11.9. The largest absolute Gasteiger partial charge is 0.374 e. The maximum atomic E-state index is 11.7. The molecule has 1 amide bonds. The van der Waals surface area contributed by atoms with Crippen molar-refractivity contribution in [1.29, 1.82) is 0 Å². The fourth-order valence-electron chi connectivity index (χ4n) is 2.09. The Morgan fingerprint density at radius 1 is 1.20 bits per heavy atom. The molecule has 1 aromatic carbocycles. The van der Waals surface area contributed by atoms with E-state index >= 15 is 0 Å². The molecule has 0 aliphatic rings. The van der Waals surface area contributed by atoms with Gasteiger partial charge in [-0.05, 0) is 18.6 Å². The summed E-state index contributed by atoms with van der Waals surface area (Å²) in [5.41, 5.74) is 1.79. The van der Waals surface area contributed by atoms with Gasteiger partial charge >= 0.3 is 0 Å². The summed E-state index contributed by atoms with van der Waals surface area (Å²) in [7, 11) is 0. The van der Waals surface area contributed by atoms with E-state index < -0.39 is 0 Å². The van der Waals surface area contributed by atoms with Gasteiger partial charge in [-0.1, -0.05) is 38.0 Å². The molecular formula is C16H21N3O. The van der Waals surface area contributed by atoms with E-state index in [-0.39, 0.29) is 12.5 Å². The lowest BCUT2D eigenvalue weighted by Gasteiger charge is -2.09. The first-order valence-electron chi connectivity index (χ1n) is 7.15. The van der Waals surface area contributed by atoms with E-state index in [0.29, 0.717) is 0 Å². The van der Waals surface area contributed by atoms with E-state index in [1.165, 1.54) is 0 Å². The maximum Gasteiger partial charge on any atom is 0.239 e. The van der Waals surface area contributed by atoms with Crippen LogP contribution in [0.2, 0.25) is 0 Å². The van der Waals surface area contributed by atoms with Crippen LogP contribution in [-0.2, 0) is 4.79 Å². The third-order valence-corrected chi connectivity index (χ3v) is 3.17. The van der Waals surface area contributed by atoms with Gasteiger partial charge in [-0.15, -0.1) is 0 Å². The van der Waals surface area contributed by atoms with Gasteiger partial charge in [-0.3, -0.25) is 9.78 Å². The highest BCUT2D eigenvalue weighted by Crippen LogP contribution is 2.20. The summed E-state index contributed by atoms with van der Waals surface area (Å²) in [6.45, 7) is 3.18. The molecule has 4 nitrogen and oxygen atoms in total. The van der Waals surface area contributed by atoms with Gasteiger partial charge in [0.2, 0.25) is 5.91 Å². The molecule has 0 aliphatic heterocycles. The molecule has 2 aromatic rings. The molecule has 0 fully saturated rings. The monoisotopic (exact) mass is 271 g/mol. The number of aromatic nitrogens is 1. The van der Waals surface area contributed by atoms with E-state index in [4.69, 9.17) is 0 Å². The van der Waals surface area contributed by atoms with Crippen molar-refractivity contribution in [3.8, 4) is 0 Å². The minimum atomic E-state index is 0.0223. The Kier molecular flexibility index (Phi) is 5.35. The zero-order valence-corrected chi connectivity index (χ0v) is 11.9. The molecule has 0 atom stereocenters. The van der Waals surface area contributed by atoms with E-state index in [1.54, 1.807) is 6.20 Å². The number of hydrogen-bond acceptors (Lipinski definition) is 3. The van der Waals surface area contributed by atoms with Crippen LogP contribution in [0.1, 0.15) is 26.2 Å². The number of hydrogen-bond donors (Lipinski definition) is 2. The standard InChI is InChI=1S/C16H21N3O/c1-2-3-4-10-17-15(20)12-19-14-9-5-7-13-8-6-11-18-16(13)14/h5-9,11,19H,2-4,10,12H2,1H3,(H,17,20). The number of para-hydroxylation sites is 1. The Hall–Kier alpha value is -2.10. The van der Waals surface area contributed by atoms with Crippen LogP contribution in [0.15, 0.2) is 36.5 Å². The van der Waals surface area contributed by atoms with Crippen molar-refractivity contribution in [1.82, 2.24) is 10.3 Å². The zero-order chi connectivity index (χ0) is 14.2. The lowest BCUT2D eigenvalue weighted by molar-refractivity contribution is -0.119. The number of unbranched alkanes of at least 4 members (excludes halogenated alkanes) is 2. The Bertz CT molecular complexity index is 563. The van der Waals surface area contributed by atoms with Crippen LogP contribution in [-0.4, -0.2) is 24.0 Å². The van der Waals surface area contributed by atoms with E-state index in [1.807, 2.05) is 30.3 Å². The number of rotatable bonds is 7. The van der Waals surface area contributed by atoms with Crippen molar-refractivity contribution < 1.29 is 4.79 Å². The second-order valence-electron chi connectivity index (χ2n) is 4.79. The summed E-state index contributed by atoms with van der Waals surface area (Å²) in [6, 6.07) is 9.84. The van der Waals surface area contributed by atoms with Gasteiger partial charge in [-0.25, -0.2) is 0 Å². The van der Waals surface area contributed by atoms with Crippen LogP contribution in [0.5, 0.6) is 0 Å². The van der Waals surface area contributed by atoms with Crippen molar-refractivity contribution in [2.24, 2.45) is 0 Å². The third kappa shape index (κ3) is 3.95. The number of carbonyl (C=O) groups is 1. The Morgan fingerprint density at radius 3 is 2.90 bits per heavy atom. The summed E-state index contributed by atoms with van der Waals surface area (Å²) >= 11 is 0. The second kappa shape index (κ2) is 7.48. The highest BCUT2D eigenvalue weighted by atomic mass is 16.1. The summed E-state index contributed by atoms with van der Waals surface area (Å²) < 4.78 is 0. The molecule has 0 bridgehead atoms. The SMILES string of the molecule is CCCCCNC(=O)CNc1cccc2cccnc12. The van der Waals surface area contributed by atoms with E-state index in [2.05, 4.69) is 22.5 Å². The molecule has 0 saturated heterocycles. The number of pyridine rings is 1. The van der Waals surface area contributed by atoms with Gasteiger partial charge in [0.1, 0.15) is 0 Å². The molecule has 0 aliphatic carbocycles. The van der Waals surface area contributed by atoms with Gasteiger partial charge in [0, 0.05) is 18.1 Å². The highest BCUT2D eigenvalue weighted by Gasteiger charge is 2.04. The molecular weight excluding hydrogens is 250 g/mol. The molecule has 0 saturated carbocycles. The number of nitrogens with zero attached hydrogens (tertiary/aromatic N) is 1. The summed E-state index contributed by atoms with van der Waals surface area (Å²) in [5.74, 6) is 0.0223. The van der Waals surface area contributed by atoms with Crippen LogP contribution in [0.25, 0.3) is 10.9 Å². The molecule has 0 spiro atoms. The number of amides is 1. The normalized spacial score (nSPS) is 10.4. The molecule has 106 valence electrons. The van der Waals surface area contributed by atoms with Crippen LogP contribution in [0.3, 0.4) is 0 Å². The molecule has 0 radical (unpaired) electrons. The fraction of sp³-hybridized carbons (Fsp3) is 0.375. The Balaban J connectivity index is 1.88. The minimum Gasteiger partial charge on any atom is -0.374 e. The number of carbonyl (C=O) groups excluding carboxylic acids is 1. The number of benzene rings is 1. The Labute approximate surface area is 119 Å². The maximum absolute atomic E-state index is 11.7. The van der Waals surface area contributed by atoms with Crippen LogP contribution >= 0.6 is 0 Å². The van der Waals surface area contributed by atoms with Gasteiger partial charge in [0.15, 0.2) is 0 Å². The molecule has 1 heterocycles. The predicted molar refractivity (Wildman–Crippen MR) is 82.8 cm³/mol. The van der Waals surface area contributed by atoms with E-state index in [9.17, 15) is 4.79 Å². The molecule has 2 rings (SSSR count). The van der Waals surface area contributed by atoms with Crippen molar-refractivity contribution in [2.45, 2.75) is 26.2 Å². The van der Waals surface area contributed by atoms with Crippen molar-refractivity contribution in [2.75, 3.05) is 18.4 Å². The Morgan fingerprint density at radius 2 is 2.05 bits per heavy atom. The second-order valence-corrected chi connectivity index (χ2v) is 4.79. The number of fused-ring (bicyclic) bond motifs is 1. The predicted octanol–water partition coefficient (Wildman–Crippen LogP) is 2.95. The fourth-order valence-corrected chi connectivity index (χ4v) is 2.09. The van der Waals surface area contributed by atoms with Gasteiger partial charge < -0.3 is 10.6 Å². The number of anilines is 1. The first kappa shape index (κ1) is 14.3. The minimum absolute atomic E-state index is 0.0223. The third-order valence-electron chi connectivity index (χ3n) is 3.17. The first-order valence-corrected chi connectivity index (χ1v) is 7.15. The van der Waals surface area contributed by atoms with Gasteiger partial charge in [0.05, 0.1) is 17.7 Å². The van der Waals surface area contributed by atoms with Crippen LogP contribution in [0, 0.1) is 0 Å². The average molecular weight is 271 g/mol. The van der Waals surface area contributed by atoms with Crippen LogP contribution < -0.4 is 10.6 Å². The quantitative estimate of drug-likeness (QED) is 0.761. The van der Waals surface area contributed by atoms with Crippen LogP contribution in [0.4, 0.5) is 5.69 Å². The number of nitrogens with one attached hydrogen (secondary N) is 2. The average Bonchev–Trinajstić information content (AvgIpc) is 2.49.